The number of hydrogen-bond acceptors (Lipinski definition) is 5. The topological polar surface area (TPSA) is 75.0 Å². The van der Waals surface area contributed by atoms with Crippen LogP contribution in [0.1, 0.15) is 5.56 Å². The van der Waals surface area contributed by atoms with Crippen LogP contribution in [0.5, 0.6) is 5.75 Å². The fourth-order valence-corrected chi connectivity index (χ4v) is 4.52. The van der Waals surface area contributed by atoms with Crippen molar-refractivity contribution in [3.8, 4) is 34.2 Å². The van der Waals surface area contributed by atoms with Crippen molar-refractivity contribution in [3.05, 3.63) is 94.5 Å². The van der Waals surface area contributed by atoms with Gasteiger partial charge >= 0.3 is 0 Å². The number of ether oxygens (including phenoxy) is 1. The molecule has 0 aliphatic heterocycles. The lowest BCUT2D eigenvalue weighted by Crippen LogP contribution is -2.14. The second kappa shape index (κ2) is 11.3. The van der Waals surface area contributed by atoms with Crippen molar-refractivity contribution in [2.24, 2.45) is 0 Å². The first-order chi connectivity index (χ1) is 17.0. The third-order valence-corrected chi connectivity index (χ3v) is 6.55. The maximum absolute atomic E-state index is 12.6. The van der Waals surface area contributed by atoms with E-state index >= 15 is 0 Å². The molecule has 0 saturated heterocycles. The molecule has 1 amide bonds. The highest BCUT2D eigenvalue weighted by molar-refractivity contribution is 8.00. The fraction of sp³-hybridized carbons (Fsp3) is 0.0741. The summed E-state index contributed by atoms with van der Waals surface area (Å²) in [7, 11) is 1.61. The molecular weight excluding hydrogens is 501 g/mol. The van der Waals surface area contributed by atoms with Gasteiger partial charge in [0.05, 0.1) is 24.1 Å². The lowest BCUT2D eigenvalue weighted by Gasteiger charge is -2.13. The zero-order valence-electron chi connectivity index (χ0n) is 18.6. The van der Waals surface area contributed by atoms with Gasteiger partial charge in [-0.1, -0.05) is 53.2 Å². The standard InChI is InChI=1S/C27H19Cl2N3O2S/c1-34-22-11-7-18(8-12-22)25-14-23(17-5-9-19(28)10-6-17)24(15-30)27(32-25)35-16-26(33)31-21-4-2-3-20(29)13-21/h2-14H,16H2,1H3,(H,31,33). The van der Waals surface area contributed by atoms with Crippen molar-refractivity contribution >= 4 is 46.6 Å². The first-order valence-corrected chi connectivity index (χ1v) is 12.2. The van der Waals surface area contributed by atoms with E-state index in [4.69, 9.17) is 32.9 Å². The van der Waals surface area contributed by atoms with Gasteiger partial charge in [0, 0.05) is 26.9 Å². The Balaban J connectivity index is 1.69. The van der Waals surface area contributed by atoms with Gasteiger partial charge in [0.15, 0.2) is 0 Å². The third-order valence-electron chi connectivity index (χ3n) is 5.09. The molecule has 0 spiro atoms. The number of thioether (sulfide) groups is 1. The lowest BCUT2D eigenvalue weighted by molar-refractivity contribution is -0.113. The Morgan fingerprint density at radius 3 is 2.37 bits per heavy atom. The Bertz CT molecular complexity index is 1400. The molecule has 0 fully saturated rings. The zero-order valence-corrected chi connectivity index (χ0v) is 20.9. The van der Waals surface area contributed by atoms with Crippen molar-refractivity contribution in [3.63, 3.8) is 0 Å². The molecule has 0 bridgehead atoms. The van der Waals surface area contributed by atoms with E-state index in [1.165, 1.54) is 11.8 Å². The van der Waals surface area contributed by atoms with Gasteiger partial charge in [-0.25, -0.2) is 4.98 Å². The van der Waals surface area contributed by atoms with Gasteiger partial charge in [-0.2, -0.15) is 5.26 Å². The predicted octanol–water partition coefficient (Wildman–Crippen LogP) is 7.33. The van der Waals surface area contributed by atoms with E-state index in [0.717, 1.165) is 16.9 Å². The monoisotopic (exact) mass is 519 g/mol. The number of halogens is 2. The van der Waals surface area contributed by atoms with E-state index in [2.05, 4.69) is 11.4 Å². The Hall–Kier alpha value is -3.50. The van der Waals surface area contributed by atoms with Crippen LogP contribution in [-0.2, 0) is 4.79 Å². The first-order valence-electron chi connectivity index (χ1n) is 10.5. The molecule has 3 aromatic carbocycles. The number of nitrogens with one attached hydrogen (secondary N) is 1. The van der Waals surface area contributed by atoms with Crippen molar-refractivity contribution in [1.29, 1.82) is 5.26 Å². The molecule has 1 aromatic heterocycles. The predicted molar refractivity (Wildman–Crippen MR) is 142 cm³/mol. The molecule has 0 aliphatic carbocycles. The van der Waals surface area contributed by atoms with Crippen LogP contribution in [0.2, 0.25) is 10.0 Å². The van der Waals surface area contributed by atoms with Crippen LogP contribution in [0.3, 0.4) is 0 Å². The van der Waals surface area contributed by atoms with Gasteiger partial charge < -0.3 is 10.1 Å². The summed E-state index contributed by atoms with van der Waals surface area (Å²) in [5.41, 5.74) is 4.07. The fourth-order valence-electron chi connectivity index (χ4n) is 3.40. The van der Waals surface area contributed by atoms with Crippen LogP contribution in [0.25, 0.3) is 22.4 Å². The van der Waals surface area contributed by atoms with E-state index in [1.807, 2.05) is 42.5 Å². The summed E-state index contributed by atoms with van der Waals surface area (Å²) >= 11 is 13.3. The molecular formula is C27H19Cl2N3O2S. The Kier molecular flexibility index (Phi) is 7.94. The molecule has 174 valence electrons. The molecule has 1 heterocycles. The van der Waals surface area contributed by atoms with Crippen LogP contribution in [0.4, 0.5) is 5.69 Å². The zero-order chi connectivity index (χ0) is 24.8. The largest absolute Gasteiger partial charge is 0.497 e. The average Bonchev–Trinajstić information content (AvgIpc) is 2.87. The Morgan fingerprint density at radius 2 is 1.71 bits per heavy atom. The first kappa shape index (κ1) is 24.6. The summed E-state index contributed by atoms with van der Waals surface area (Å²) in [4.78, 5) is 17.3. The number of anilines is 1. The number of hydrogen-bond donors (Lipinski definition) is 1. The highest BCUT2D eigenvalue weighted by Gasteiger charge is 2.17. The number of carbonyl (C=O) groups is 1. The molecule has 4 aromatic rings. The number of nitrogens with zero attached hydrogens (tertiary/aromatic N) is 2. The van der Waals surface area contributed by atoms with Gasteiger partial charge in [0.1, 0.15) is 16.8 Å². The Morgan fingerprint density at radius 1 is 1.00 bits per heavy atom. The normalized spacial score (nSPS) is 10.5. The number of nitriles is 1. The smallest absolute Gasteiger partial charge is 0.234 e. The SMILES string of the molecule is COc1ccc(-c2cc(-c3ccc(Cl)cc3)c(C#N)c(SCC(=O)Nc3cccc(Cl)c3)n2)cc1. The van der Waals surface area contributed by atoms with E-state index in [-0.39, 0.29) is 11.7 Å². The molecule has 1 N–H and O–H groups in total. The van der Waals surface area contributed by atoms with Crippen LogP contribution < -0.4 is 10.1 Å². The average molecular weight is 520 g/mol. The quantitative estimate of drug-likeness (QED) is 0.258. The van der Waals surface area contributed by atoms with E-state index in [9.17, 15) is 10.1 Å². The molecule has 0 aliphatic rings. The molecule has 0 atom stereocenters. The summed E-state index contributed by atoms with van der Waals surface area (Å²) in [6, 6.07) is 25.8. The molecule has 0 unspecified atom stereocenters. The van der Waals surface area contributed by atoms with Crippen LogP contribution in [0.15, 0.2) is 83.9 Å². The van der Waals surface area contributed by atoms with E-state index < -0.39 is 0 Å². The summed E-state index contributed by atoms with van der Waals surface area (Å²) in [5, 5.41) is 14.4. The van der Waals surface area contributed by atoms with Gasteiger partial charge in [0.25, 0.3) is 0 Å². The summed E-state index contributed by atoms with van der Waals surface area (Å²) in [6.45, 7) is 0. The minimum Gasteiger partial charge on any atom is -0.497 e. The highest BCUT2D eigenvalue weighted by Crippen LogP contribution is 2.35. The van der Waals surface area contributed by atoms with Crippen molar-refractivity contribution in [2.45, 2.75) is 5.03 Å². The molecule has 0 radical (unpaired) electrons. The van der Waals surface area contributed by atoms with E-state index in [0.29, 0.717) is 37.6 Å². The van der Waals surface area contributed by atoms with Gasteiger partial charge in [-0.05, 0) is 66.2 Å². The minimum absolute atomic E-state index is 0.0698. The summed E-state index contributed by atoms with van der Waals surface area (Å²) < 4.78 is 5.26. The van der Waals surface area contributed by atoms with Gasteiger partial charge in [-0.15, -0.1) is 0 Å². The molecule has 35 heavy (non-hydrogen) atoms. The number of pyridine rings is 1. The summed E-state index contributed by atoms with van der Waals surface area (Å²) in [5.74, 6) is 0.568. The number of methoxy groups -OCH3 is 1. The van der Waals surface area contributed by atoms with Crippen molar-refractivity contribution in [2.75, 3.05) is 18.2 Å². The van der Waals surface area contributed by atoms with Gasteiger partial charge in [-0.3, -0.25) is 4.79 Å². The molecule has 8 heteroatoms. The van der Waals surface area contributed by atoms with Crippen LogP contribution in [-0.4, -0.2) is 23.8 Å². The number of amides is 1. The van der Waals surface area contributed by atoms with Gasteiger partial charge in [0.2, 0.25) is 5.91 Å². The molecule has 0 saturated carbocycles. The maximum Gasteiger partial charge on any atom is 0.234 e. The Labute approximate surface area is 217 Å². The maximum atomic E-state index is 12.6. The highest BCUT2D eigenvalue weighted by atomic mass is 35.5. The van der Waals surface area contributed by atoms with Crippen LogP contribution in [0, 0.1) is 11.3 Å². The lowest BCUT2D eigenvalue weighted by atomic mass is 9.99. The second-order valence-electron chi connectivity index (χ2n) is 7.43. The van der Waals surface area contributed by atoms with Crippen LogP contribution >= 0.6 is 35.0 Å². The number of carbonyl (C=O) groups excluding carboxylic acids is 1. The third kappa shape index (κ3) is 6.14. The second-order valence-corrected chi connectivity index (χ2v) is 9.27. The molecule has 4 rings (SSSR count). The van der Waals surface area contributed by atoms with Crippen molar-refractivity contribution < 1.29 is 9.53 Å². The number of rotatable bonds is 7. The van der Waals surface area contributed by atoms with E-state index in [1.54, 1.807) is 43.5 Å². The summed E-state index contributed by atoms with van der Waals surface area (Å²) in [6.07, 6.45) is 0. The number of benzene rings is 3. The minimum atomic E-state index is -0.231. The molecule has 5 nitrogen and oxygen atoms in total. The van der Waals surface area contributed by atoms with Crippen molar-refractivity contribution in [1.82, 2.24) is 4.98 Å². The number of aromatic nitrogens is 1.